The third kappa shape index (κ3) is 3.51. The molecule has 0 fully saturated rings. The highest BCUT2D eigenvalue weighted by Crippen LogP contribution is 2.38. The van der Waals surface area contributed by atoms with Crippen molar-refractivity contribution >= 4 is 35.1 Å². The molecule has 0 unspecified atom stereocenters. The molecule has 0 aliphatic rings. The minimum Gasteiger partial charge on any atom is -0.493 e. The van der Waals surface area contributed by atoms with Crippen molar-refractivity contribution in [3.8, 4) is 22.0 Å². The van der Waals surface area contributed by atoms with Gasteiger partial charge in [-0.05, 0) is 24.0 Å². The molecule has 2 N–H and O–H groups in total. The van der Waals surface area contributed by atoms with Crippen molar-refractivity contribution in [2.24, 2.45) is 4.99 Å². The summed E-state index contributed by atoms with van der Waals surface area (Å²) in [5, 5.41) is 10.5. The molecule has 2 aromatic carbocycles. The molecule has 0 atom stereocenters. The molecule has 8 heteroatoms. The van der Waals surface area contributed by atoms with E-state index in [9.17, 15) is 9.90 Å². The van der Waals surface area contributed by atoms with Gasteiger partial charge in [-0.1, -0.05) is 60.3 Å². The molecule has 140 valence electrons. The quantitative estimate of drug-likeness (QED) is 0.377. The van der Waals surface area contributed by atoms with E-state index in [1.165, 1.54) is 10.8 Å². The third-order valence-electron chi connectivity index (χ3n) is 4.03. The van der Waals surface area contributed by atoms with Crippen LogP contribution in [0.25, 0.3) is 16.1 Å². The van der Waals surface area contributed by atoms with Crippen LogP contribution in [0.5, 0.6) is 5.88 Å². The van der Waals surface area contributed by atoms with Gasteiger partial charge in [0, 0.05) is 0 Å². The van der Waals surface area contributed by atoms with E-state index in [0.29, 0.717) is 11.5 Å². The smallest absolute Gasteiger partial charge is 0.333 e. The summed E-state index contributed by atoms with van der Waals surface area (Å²) >= 11 is 3.10. The molecule has 0 saturated heterocycles. The predicted octanol–water partition coefficient (Wildman–Crippen LogP) is 4.47. The fraction of sp³-hybridized carbons (Fsp3) is 0.0500. The summed E-state index contributed by atoms with van der Waals surface area (Å²) in [6.07, 6.45) is 3.39. The van der Waals surface area contributed by atoms with E-state index in [0.717, 1.165) is 14.8 Å². The number of nitrogens with zero attached hydrogens (tertiary/aromatic N) is 3. The number of thiazole rings is 1. The highest BCUT2D eigenvalue weighted by Gasteiger charge is 2.15. The Hall–Kier alpha value is -3.10. The SMILES string of the molecule is CSc1nc(/N=C/c2[nH]c(=O)n(-c3ccccc3)c2O)c(-c2ccccc2)s1. The Balaban J connectivity index is 1.73. The van der Waals surface area contributed by atoms with Gasteiger partial charge in [0.1, 0.15) is 5.69 Å². The normalized spacial score (nSPS) is 11.3. The molecule has 4 rings (SSSR count). The van der Waals surface area contributed by atoms with Crippen molar-refractivity contribution in [2.75, 3.05) is 6.26 Å². The van der Waals surface area contributed by atoms with Crippen molar-refractivity contribution < 1.29 is 5.11 Å². The maximum Gasteiger partial charge on any atom is 0.333 e. The number of para-hydroxylation sites is 1. The number of thioether (sulfide) groups is 1. The van der Waals surface area contributed by atoms with Crippen molar-refractivity contribution in [1.29, 1.82) is 0 Å². The van der Waals surface area contributed by atoms with Gasteiger partial charge in [0.15, 0.2) is 10.2 Å². The third-order valence-corrected chi connectivity index (χ3v) is 6.11. The zero-order valence-electron chi connectivity index (χ0n) is 14.9. The van der Waals surface area contributed by atoms with Crippen LogP contribution in [0, 0.1) is 0 Å². The van der Waals surface area contributed by atoms with Gasteiger partial charge in [-0.15, -0.1) is 11.3 Å². The molecule has 0 amide bonds. The van der Waals surface area contributed by atoms with E-state index in [4.69, 9.17) is 0 Å². The van der Waals surface area contributed by atoms with Gasteiger partial charge in [0.25, 0.3) is 0 Å². The lowest BCUT2D eigenvalue weighted by atomic mass is 10.2. The van der Waals surface area contributed by atoms with Crippen LogP contribution in [0.3, 0.4) is 0 Å². The number of aromatic hydroxyl groups is 1. The van der Waals surface area contributed by atoms with Crippen molar-refractivity contribution in [2.45, 2.75) is 4.34 Å². The summed E-state index contributed by atoms with van der Waals surface area (Å²) in [7, 11) is 0. The Morgan fingerprint density at radius 3 is 2.50 bits per heavy atom. The Labute approximate surface area is 169 Å². The first-order valence-corrected chi connectivity index (χ1v) is 10.4. The molecule has 0 aliphatic carbocycles. The number of rotatable bonds is 5. The van der Waals surface area contributed by atoms with Crippen molar-refractivity contribution in [3.63, 3.8) is 0 Å². The summed E-state index contributed by atoms with van der Waals surface area (Å²) in [5.41, 5.74) is 1.39. The van der Waals surface area contributed by atoms with E-state index in [-0.39, 0.29) is 11.6 Å². The molecule has 0 saturated carbocycles. The predicted molar refractivity (Wildman–Crippen MR) is 115 cm³/mol. The van der Waals surface area contributed by atoms with Gasteiger partial charge >= 0.3 is 5.69 Å². The summed E-state index contributed by atoms with van der Waals surface area (Å²) < 4.78 is 2.10. The highest BCUT2D eigenvalue weighted by atomic mass is 32.2. The van der Waals surface area contributed by atoms with E-state index < -0.39 is 5.69 Å². The van der Waals surface area contributed by atoms with Crippen LogP contribution in [-0.2, 0) is 0 Å². The maximum atomic E-state index is 12.3. The monoisotopic (exact) mass is 408 g/mol. The molecule has 4 aromatic rings. The van der Waals surface area contributed by atoms with Gasteiger partial charge in [0.05, 0.1) is 16.8 Å². The molecule has 2 aromatic heterocycles. The van der Waals surface area contributed by atoms with Crippen LogP contribution in [0.2, 0.25) is 0 Å². The van der Waals surface area contributed by atoms with Gasteiger partial charge in [0.2, 0.25) is 5.88 Å². The van der Waals surface area contributed by atoms with E-state index in [1.807, 2.05) is 42.7 Å². The second-order valence-electron chi connectivity index (χ2n) is 5.80. The van der Waals surface area contributed by atoms with Crippen LogP contribution >= 0.6 is 23.1 Å². The van der Waals surface area contributed by atoms with Crippen LogP contribution in [-0.4, -0.2) is 32.1 Å². The molecule has 2 heterocycles. The van der Waals surface area contributed by atoms with E-state index in [2.05, 4.69) is 15.0 Å². The van der Waals surface area contributed by atoms with Crippen LogP contribution in [0.1, 0.15) is 5.69 Å². The number of hydrogen-bond donors (Lipinski definition) is 2. The van der Waals surface area contributed by atoms with Gasteiger partial charge in [-0.3, -0.25) is 0 Å². The number of nitrogens with one attached hydrogen (secondary N) is 1. The minimum atomic E-state index is -0.434. The lowest BCUT2D eigenvalue weighted by Gasteiger charge is -2.01. The van der Waals surface area contributed by atoms with Crippen molar-refractivity contribution in [3.05, 3.63) is 76.8 Å². The number of H-pyrrole nitrogens is 1. The summed E-state index contributed by atoms with van der Waals surface area (Å²) in [6, 6.07) is 18.8. The van der Waals surface area contributed by atoms with Crippen molar-refractivity contribution in [1.82, 2.24) is 14.5 Å². The zero-order chi connectivity index (χ0) is 19.5. The first kappa shape index (κ1) is 18.3. The maximum absolute atomic E-state index is 12.3. The van der Waals surface area contributed by atoms with Crippen LogP contribution < -0.4 is 5.69 Å². The number of benzene rings is 2. The molecular formula is C20H16N4O2S2. The first-order chi connectivity index (χ1) is 13.7. The standard InChI is InChI=1S/C20H16N4O2S2/c1-27-20-23-17(16(28-20)13-8-4-2-5-9-13)21-12-15-18(25)24(19(26)22-15)14-10-6-3-7-11-14/h2-12,25H,1H3,(H,22,26)/b21-12+. The Morgan fingerprint density at radius 1 is 1.14 bits per heavy atom. The Morgan fingerprint density at radius 2 is 1.82 bits per heavy atom. The fourth-order valence-electron chi connectivity index (χ4n) is 2.72. The second-order valence-corrected chi connectivity index (χ2v) is 7.85. The molecule has 28 heavy (non-hydrogen) atoms. The molecule has 0 spiro atoms. The molecule has 0 aliphatic heterocycles. The number of imidazole rings is 1. The number of aliphatic imine (C=N–C) groups is 1. The molecule has 0 bridgehead atoms. The van der Waals surface area contributed by atoms with Crippen LogP contribution in [0.15, 0.2) is 74.8 Å². The van der Waals surface area contributed by atoms with E-state index >= 15 is 0 Å². The van der Waals surface area contributed by atoms with Crippen LogP contribution in [0.4, 0.5) is 5.82 Å². The molecular weight excluding hydrogens is 392 g/mol. The summed E-state index contributed by atoms with van der Waals surface area (Å²) in [4.78, 5) is 24.8. The average Bonchev–Trinajstić information content (AvgIpc) is 3.28. The Bertz CT molecular complexity index is 1180. The first-order valence-electron chi connectivity index (χ1n) is 8.41. The zero-order valence-corrected chi connectivity index (χ0v) is 16.5. The molecule has 0 radical (unpaired) electrons. The summed E-state index contributed by atoms with van der Waals surface area (Å²) in [6.45, 7) is 0. The van der Waals surface area contributed by atoms with Gasteiger partial charge in [-0.25, -0.2) is 19.3 Å². The van der Waals surface area contributed by atoms with Gasteiger partial charge < -0.3 is 10.1 Å². The number of aromatic nitrogens is 3. The minimum absolute atomic E-state index is 0.193. The lowest BCUT2D eigenvalue weighted by Crippen LogP contribution is -2.14. The molecule has 6 nitrogen and oxygen atoms in total. The second kappa shape index (κ2) is 7.87. The Kier molecular flexibility index (Phi) is 5.14. The van der Waals surface area contributed by atoms with E-state index in [1.54, 1.807) is 47.4 Å². The fourth-order valence-corrected chi connectivity index (χ4v) is 4.23. The summed E-state index contributed by atoms with van der Waals surface area (Å²) in [5.74, 6) is 0.356. The number of hydrogen-bond acceptors (Lipinski definition) is 6. The highest BCUT2D eigenvalue weighted by molar-refractivity contribution is 8.00. The topological polar surface area (TPSA) is 83.3 Å². The van der Waals surface area contributed by atoms with Gasteiger partial charge in [-0.2, -0.15) is 0 Å². The lowest BCUT2D eigenvalue weighted by molar-refractivity contribution is 0.440. The average molecular weight is 409 g/mol. The number of aromatic amines is 1. The largest absolute Gasteiger partial charge is 0.493 e.